The molecule has 2 rings (SSSR count). The maximum atomic E-state index is 5.93. The standard InChI is InChI=1S/C10H14ClN5/c1-6(2)13-9-10-14-7(3-12)4-16(10)5-8(11)15-9/h4-6H,3,12H2,1-2H3,(H,13,15). The van der Waals surface area contributed by atoms with Crippen molar-refractivity contribution in [3.8, 4) is 0 Å². The number of hydrogen-bond donors (Lipinski definition) is 2. The molecule has 3 N–H and O–H groups in total. The summed E-state index contributed by atoms with van der Waals surface area (Å²) >= 11 is 5.93. The summed E-state index contributed by atoms with van der Waals surface area (Å²) in [5, 5.41) is 3.63. The first-order valence-corrected chi connectivity index (χ1v) is 5.48. The Morgan fingerprint density at radius 1 is 1.44 bits per heavy atom. The van der Waals surface area contributed by atoms with E-state index in [2.05, 4.69) is 15.3 Å². The van der Waals surface area contributed by atoms with Crippen LogP contribution < -0.4 is 11.1 Å². The van der Waals surface area contributed by atoms with Gasteiger partial charge in [0.05, 0.1) is 5.69 Å². The van der Waals surface area contributed by atoms with Crippen molar-refractivity contribution in [3.63, 3.8) is 0 Å². The quantitative estimate of drug-likeness (QED) is 0.855. The van der Waals surface area contributed by atoms with E-state index in [1.807, 2.05) is 24.4 Å². The van der Waals surface area contributed by atoms with Gasteiger partial charge in [0.15, 0.2) is 11.5 Å². The third-order valence-electron chi connectivity index (χ3n) is 2.09. The Balaban J connectivity index is 2.56. The highest BCUT2D eigenvalue weighted by Crippen LogP contribution is 2.18. The summed E-state index contributed by atoms with van der Waals surface area (Å²) in [5.41, 5.74) is 7.12. The van der Waals surface area contributed by atoms with Gasteiger partial charge in [0, 0.05) is 25.0 Å². The van der Waals surface area contributed by atoms with E-state index in [1.165, 1.54) is 0 Å². The van der Waals surface area contributed by atoms with Crippen molar-refractivity contribution in [2.45, 2.75) is 26.4 Å². The van der Waals surface area contributed by atoms with E-state index in [1.54, 1.807) is 6.20 Å². The van der Waals surface area contributed by atoms with Crippen LogP contribution >= 0.6 is 11.6 Å². The van der Waals surface area contributed by atoms with Crippen molar-refractivity contribution in [2.24, 2.45) is 5.73 Å². The zero-order valence-corrected chi connectivity index (χ0v) is 9.99. The number of nitrogens with two attached hydrogens (primary N) is 1. The molecule has 0 atom stereocenters. The Labute approximate surface area is 98.6 Å². The van der Waals surface area contributed by atoms with Crippen LogP contribution in [0, 0.1) is 0 Å². The summed E-state index contributed by atoms with van der Waals surface area (Å²) < 4.78 is 1.84. The molecule has 5 nitrogen and oxygen atoms in total. The van der Waals surface area contributed by atoms with Crippen molar-refractivity contribution in [1.29, 1.82) is 0 Å². The highest BCUT2D eigenvalue weighted by atomic mass is 35.5. The van der Waals surface area contributed by atoms with E-state index in [0.29, 0.717) is 17.5 Å². The zero-order chi connectivity index (χ0) is 11.7. The Kier molecular flexibility index (Phi) is 2.98. The molecule has 0 fully saturated rings. The van der Waals surface area contributed by atoms with E-state index in [4.69, 9.17) is 17.3 Å². The first-order valence-electron chi connectivity index (χ1n) is 5.11. The van der Waals surface area contributed by atoms with Crippen molar-refractivity contribution < 1.29 is 0 Å². The van der Waals surface area contributed by atoms with Gasteiger partial charge in [-0.15, -0.1) is 0 Å². The van der Waals surface area contributed by atoms with E-state index >= 15 is 0 Å². The van der Waals surface area contributed by atoms with Crippen LogP contribution in [0.4, 0.5) is 5.82 Å². The van der Waals surface area contributed by atoms with Crippen molar-refractivity contribution in [2.75, 3.05) is 5.32 Å². The second-order valence-corrected chi connectivity index (χ2v) is 4.27. The van der Waals surface area contributed by atoms with Crippen LogP contribution in [-0.4, -0.2) is 20.4 Å². The minimum Gasteiger partial charge on any atom is -0.365 e. The van der Waals surface area contributed by atoms with Crippen LogP contribution in [0.15, 0.2) is 12.4 Å². The second kappa shape index (κ2) is 4.27. The number of halogens is 1. The lowest BCUT2D eigenvalue weighted by atomic mass is 10.4. The minimum absolute atomic E-state index is 0.271. The van der Waals surface area contributed by atoms with Crippen LogP contribution in [0.25, 0.3) is 5.65 Å². The van der Waals surface area contributed by atoms with Crippen molar-refractivity contribution in [1.82, 2.24) is 14.4 Å². The van der Waals surface area contributed by atoms with Gasteiger partial charge < -0.3 is 15.5 Å². The third-order valence-corrected chi connectivity index (χ3v) is 2.27. The number of imidazole rings is 1. The summed E-state index contributed by atoms with van der Waals surface area (Å²) in [4.78, 5) is 8.60. The fourth-order valence-electron chi connectivity index (χ4n) is 1.49. The molecule has 0 saturated carbocycles. The molecule has 0 aliphatic heterocycles. The maximum absolute atomic E-state index is 5.93. The summed E-state index contributed by atoms with van der Waals surface area (Å²) in [6.45, 7) is 4.47. The smallest absolute Gasteiger partial charge is 0.180 e. The Bertz CT molecular complexity index is 505. The molecular formula is C10H14ClN5. The van der Waals surface area contributed by atoms with Crippen LogP contribution in [0.1, 0.15) is 19.5 Å². The van der Waals surface area contributed by atoms with Crippen molar-refractivity contribution >= 4 is 23.1 Å². The Morgan fingerprint density at radius 3 is 2.81 bits per heavy atom. The van der Waals surface area contributed by atoms with Gasteiger partial charge >= 0.3 is 0 Å². The minimum atomic E-state index is 0.271. The van der Waals surface area contributed by atoms with E-state index in [9.17, 15) is 0 Å². The summed E-state index contributed by atoms with van der Waals surface area (Å²) in [7, 11) is 0. The maximum Gasteiger partial charge on any atom is 0.180 e. The van der Waals surface area contributed by atoms with Crippen LogP contribution in [0.5, 0.6) is 0 Å². The molecule has 2 aromatic rings. The fraction of sp³-hybridized carbons (Fsp3) is 0.400. The molecular weight excluding hydrogens is 226 g/mol. The van der Waals surface area contributed by atoms with E-state index in [-0.39, 0.29) is 6.04 Å². The first kappa shape index (κ1) is 11.2. The number of aromatic nitrogens is 3. The molecule has 0 bridgehead atoms. The SMILES string of the molecule is CC(C)Nc1nc(Cl)cn2cc(CN)nc12. The number of fused-ring (bicyclic) bond motifs is 1. The normalized spacial score (nSPS) is 11.3. The zero-order valence-electron chi connectivity index (χ0n) is 9.24. The largest absolute Gasteiger partial charge is 0.365 e. The average Bonchev–Trinajstić information content (AvgIpc) is 2.59. The van der Waals surface area contributed by atoms with Crippen molar-refractivity contribution in [3.05, 3.63) is 23.2 Å². The van der Waals surface area contributed by atoms with E-state index in [0.717, 1.165) is 11.3 Å². The van der Waals surface area contributed by atoms with Gasteiger partial charge in [-0.05, 0) is 13.8 Å². The van der Waals surface area contributed by atoms with Gasteiger partial charge in [-0.1, -0.05) is 11.6 Å². The molecule has 0 aliphatic rings. The molecule has 86 valence electrons. The lowest BCUT2D eigenvalue weighted by Crippen LogP contribution is -2.12. The molecule has 0 amide bonds. The highest BCUT2D eigenvalue weighted by molar-refractivity contribution is 6.29. The number of hydrogen-bond acceptors (Lipinski definition) is 4. The van der Waals surface area contributed by atoms with Gasteiger partial charge in [0.2, 0.25) is 0 Å². The molecule has 6 heteroatoms. The summed E-state index contributed by atoms with van der Waals surface area (Å²) in [5.74, 6) is 0.683. The molecule has 0 unspecified atom stereocenters. The molecule has 0 saturated heterocycles. The summed E-state index contributed by atoms with van der Waals surface area (Å²) in [6, 6.07) is 0.271. The first-order chi connectivity index (χ1) is 7.60. The number of nitrogens with zero attached hydrogens (tertiary/aromatic N) is 3. The molecule has 16 heavy (non-hydrogen) atoms. The molecule has 2 aromatic heterocycles. The molecule has 0 aromatic carbocycles. The molecule has 0 radical (unpaired) electrons. The van der Waals surface area contributed by atoms with Gasteiger partial charge in [0.25, 0.3) is 0 Å². The lowest BCUT2D eigenvalue weighted by Gasteiger charge is -2.09. The highest BCUT2D eigenvalue weighted by Gasteiger charge is 2.09. The lowest BCUT2D eigenvalue weighted by molar-refractivity contribution is 0.886. The van der Waals surface area contributed by atoms with E-state index < -0.39 is 0 Å². The van der Waals surface area contributed by atoms with Crippen LogP contribution in [0.3, 0.4) is 0 Å². The summed E-state index contributed by atoms with van der Waals surface area (Å²) in [6.07, 6.45) is 3.57. The van der Waals surface area contributed by atoms with Gasteiger partial charge in [-0.3, -0.25) is 0 Å². The van der Waals surface area contributed by atoms with Gasteiger partial charge in [0.1, 0.15) is 5.15 Å². The predicted octanol–water partition coefficient (Wildman–Crippen LogP) is 1.66. The monoisotopic (exact) mass is 239 g/mol. The van der Waals surface area contributed by atoms with Crippen LogP contribution in [0.2, 0.25) is 5.15 Å². The van der Waals surface area contributed by atoms with Gasteiger partial charge in [-0.25, -0.2) is 9.97 Å². The third kappa shape index (κ3) is 2.10. The molecule has 0 aliphatic carbocycles. The predicted molar refractivity (Wildman–Crippen MR) is 64.6 cm³/mol. The number of anilines is 1. The fourth-order valence-corrected chi connectivity index (χ4v) is 1.68. The Hall–Kier alpha value is -1.33. The molecule has 0 spiro atoms. The van der Waals surface area contributed by atoms with Crippen LogP contribution in [-0.2, 0) is 6.54 Å². The number of rotatable bonds is 3. The average molecular weight is 240 g/mol. The topological polar surface area (TPSA) is 68.2 Å². The second-order valence-electron chi connectivity index (χ2n) is 3.88. The van der Waals surface area contributed by atoms with Gasteiger partial charge in [-0.2, -0.15) is 0 Å². The molecule has 2 heterocycles. The Morgan fingerprint density at radius 2 is 2.19 bits per heavy atom. The number of nitrogens with one attached hydrogen (secondary N) is 1.